The highest BCUT2D eigenvalue weighted by Crippen LogP contribution is 2.03. The van der Waals surface area contributed by atoms with Crippen molar-refractivity contribution < 1.29 is 12.6 Å². The van der Waals surface area contributed by atoms with E-state index in [2.05, 4.69) is 10.1 Å². The van der Waals surface area contributed by atoms with Gasteiger partial charge >= 0.3 is 10.1 Å². The van der Waals surface area contributed by atoms with Gasteiger partial charge in [0.05, 0.1) is 5.25 Å². The second kappa shape index (κ2) is 1.47. The van der Waals surface area contributed by atoms with E-state index in [1.807, 2.05) is 5.25 Å². The maximum atomic E-state index is 10.2. The molecule has 0 fully saturated rings. The van der Waals surface area contributed by atoms with Crippen LogP contribution in [0.15, 0.2) is 0 Å². The van der Waals surface area contributed by atoms with Gasteiger partial charge in [-0.25, -0.2) is 4.18 Å². The molecular weight excluding hydrogens is 128 g/mol. The highest BCUT2D eigenvalue weighted by molar-refractivity contribution is 7.91. The van der Waals surface area contributed by atoms with Crippen molar-refractivity contribution in [2.24, 2.45) is 0 Å². The Kier molecular flexibility index (Phi) is 1.03. The summed E-state index contributed by atoms with van der Waals surface area (Å²) >= 11 is 0. The van der Waals surface area contributed by atoms with Gasteiger partial charge in [-0.3, -0.25) is 0 Å². The fraction of sp³-hybridized carbons (Fsp3) is 0.500. The predicted molar refractivity (Wildman–Crippen MR) is 27.2 cm³/mol. The molecule has 0 saturated heterocycles. The highest BCUT2D eigenvalue weighted by Gasteiger charge is 2.16. The second-order valence-corrected chi connectivity index (χ2v) is 2.74. The van der Waals surface area contributed by atoms with Gasteiger partial charge in [-0.05, 0) is 6.92 Å². The van der Waals surface area contributed by atoms with Crippen LogP contribution in [0.3, 0.4) is 0 Å². The van der Waals surface area contributed by atoms with Crippen LogP contribution < -0.4 is 0 Å². The van der Waals surface area contributed by atoms with Gasteiger partial charge in [0.1, 0.15) is 6.10 Å². The summed E-state index contributed by atoms with van der Waals surface area (Å²) in [6.45, 7) is 1.58. The van der Waals surface area contributed by atoms with Crippen molar-refractivity contribution in [3.63, 3.8) is 0 Å². The molecule has 0 N–H and O–H groups in total. The number of hydrogen-bond donors (Lipinski definition) is 0. The molecule has 0 amide bonds. The minimum Gasteiger partial charge on any atom is -0.244 e. The van der Waals surface area contributed by atoms with Crippen LogP contribution in [0.5, 0.6) is 0 Å². The van der Waals surface area contributed by atoms with E-state index in [1.54, 1.807) is 6.92 Å². The third kappa shape index (κ3) is 0.997. The number of hydrogen-bond acceptors (Lipinski definition) is 3. The van der Waals surface area contributed by atoms with Crippen LogP contribution in [-0.2, 0) is 14.3 Å². The summed E-state index contributed by atoms with van der Waals surface area (Å²) in [6, 6.07) is 0. The van der Waals surface area contributed by atoms with Gasteiger partial charge < -0.3 is 0 Å². The summed E-state index contributed by atoms with van der Waals surface area (Å²) in [7, 11) is -3.46. The monoisotopic (exact) mass is 132 g/mol. The zero-order chi connectivity index (χ0) is 6.20. The Morgan fingerprint density at radius 1 is 1.62 bits per heavy atom. The third-order valence-corrected chi connectivity index (χ3v) is 1.57. The first kappa shape index (κ1) is 5.60. The smallest absolute Gasteiger partial charge is 0.244 e. The molecule has 4 heteroatoms. The average Bonchev–Trinajstić information content (AvgIpc) is 1.82. The van der Waals surface area contributed by atoms with Crippen molar-refractivity contribution in [2.75, 3.05) is 0 Å². The van der Waals surface area contributed by atoms with Gasteiger partial charge in [0, 0.05) is 0 Å². The molecule has 0 aliphatic carbocycles. The van der Waals surface area contributed by atoms with Gasteiger partial charge in [-0.1, -0.05) is 5.92 Å². The van der Waals surface area contributed by atoms with Crippen molar-refractivity contribution in [2.45, 2.75) is 13.0 Å². The first-order chi connectivity index (χ1) is 3.60. The Bertz CT molecular complexity index is 240. The zero-order valence-electron chi connectivity index (χ0n) is 4.21. The average molecular weight is 132 g/mol. The lowest BCUT2D eigenvalue weighted by atomic mass is 10.4. The highest BCUT2D eigenvalue weighted by atomic mass is 32.2. The Morgan fingerprint density at radius 2 is 2.25 bits per heavy atom. The maximum Gasteiger partial charge on any atom is 0.339 e. The van der Waals surface area contributed by atoms with Crippen LogP contribution in [0.4, 0.5) is 0 Å². The molecular formula is C4H4O3S. The van der Waals surface area contributed by atoms with Gasteiger partial charge in [-0.15, -0.1) is 0 Å². The molecule has 1 atom stereocenters. The van der Waals surface area contributed by atoms with E-state index >= 15 is 0 Å². The molecule has 0 aromatic carbocycles. The van der Waals surface area contributed by atoms with Crippen molar-refractivity contribution in [1.82, 2.24) is 0 Å². The van der Waals surface area contributed by atoms with Crippen LogP contribution in [0.25, 0.3) is 0 Å². The van der Waals surface area contributed by atoms with Crippen molar-refractivity contribution in [3.05, 3.63) is 0 Å². The van der Waals surface area contributed by atoms with E-state index in [4.69, 9.17) is 0 Å². The van der Waals surface area contributed by atoms with Crippen LogP contribution in [-0.4, -0.2) is 14.5 Å². The molecule has 0 radical (unpaired) electrons. The van der Waals surface area contributed by atoms with Crippen molar-refractivity contribution in [1.29, 1.82) is 0 Å². The van der Waals surface area contributed by atoms with Gasteiger partial charge in [0.2, 0.25) is 0 Å². The molecule has 8 heavy (non-hydrogen) atoms. The van der Waals surface area contributed by atoms with Crippen molar-refractivity contribution >= 4 is 10.1 Å². The molecule has 0 saturated carbocycles. The minimum atomic E-state index is -3.46. The van der Waals surface area contributed by atoms with Crippen LogP contribution in [0, 0.1) is 11.2 Å². The van der Waals surface area contributed by atoms with Gasteiger partial charge in [0.25, 0.3) is 0 Å². The second-order valence-electron chi connectivity index (χ2n) is 1.44. The summed E-state index contributed by atoms with van der Waals surface area (Å²) in [4.78, 5) is 0. The molecule has 1 rings (SSSR count). The Labute approximate surface area is 47.8 Å². The van der Waals surface area contributed by atoms with E-state index in [0.29, 0.717) is 0 Å². The predicted octanol–water partition coefficient (Wildman–Crippen LogP) is -0.304. The largest absolute Gasteiger partial charge is 0.339 e. The first-order valence-electron chi connectivity index (χ1n) is 2.06. The molecule has 0 aromatic heterocycles. The molecule has 44 valence electrons. The summed E-state index contributed by atoms with van der Waals surface area (Å²) in [5.74, 6) is 2.35. The molecule has 1 aliphatic rings. The minimum absolute atomic E-state index is 0.458. The Hall–Kier alpha value is -0.530. The lowest BCUT2D eigenvalue weighted by Gasteiger charge is -1.92. The maximum absolute atomic E-state index is 10.2. The van der Waals surface area contributed by atoms with Crippen LogP contribution >= 0.6 is 0 Å². The summed E-state index contributed by atoms with van der Waals surface area (Å²) in [5.41, 5.74) is 0. The van der Waals surface area contributed by atoms with Crippen LogP contribution in [0.2, 0.25) is 0 Å². The summed E-state index contributed by atoms with van der Waals surface area (Å²) in [5, 5.41) is 1.95. The van der Waals surface area contributed by atoms with E-state index in [0.717, 1.165) is 0 Å². The quantitative estimate of drug-likeness (QED) is 0.335. The molecule has 0 aromatic rings. The summed E-state index contributed by atoms with van der Waals surface area (Å²) < 4.78 is 24.8. The molecule has 1 aliphatic heterocycles. The van der Waals surface area contributed by atoms with Crippen LogP contribution in [0.1, 0.15) is 6.92 Å². The fourth-order valence-corrected chi connectivity index (χ4v) is 1.18. The summed E-state index contributed by atoms with van der Waals surface area (Å²) in [6.07, 6.45) is -0.458. The van der Waals surface area contributed by atoms with Gasteiger partial charge in [-0.2, -0.15) is 8.42 Å². The zero-order valence-corrected chi connectivity index (χ0v) is 5.03. The molecule has 0 bridgehead atoms. The van der Waals surface area contributed by atoms with E-state index in [-0.39, 0.29) is 0 Å². The molecule has 0 spiro atoms. The standard InChI is InChI=1S/C4H4O3S/c1-4-2-3-8(5,6)7-4/h4H,1H3. The lowest BCUT2D eigenvalue weighted by Crippen LogP contribution is -2.03. The van der Waals surface area contributed by atoms with Gasteiger partial charge in [0.15, 0.2) is 0 Å². The topological polar surface area (TPSA) is 43.4 Å². The number of rotatable bonds is 0. The van der Waals surface area contributed by atoms with E-state index in [1.165, 1.54) is 0 Å². The molecule has 3 nitrogen and oxygen atoms in total. The van der Waals surface area contributed by atoms with Crippen molar-refractivity contribution in [3.8, 4) is 11.2 Å². The normalized spacial score (nSPS) is 31.4. The lowest BCUT2D eigenvalue weighted by molar-refractivity contribution is 0.296. The van der Waals surface area contributed by atoms with E-state index in [9.17, 15) is 8.42 Å². The first-order valence-corrected chi connectivity index (χ1v) is 3.46. The molecule has 1 unspecified atom stereocenters. The third-order valence-electron chi connectivity index (χ3n) is 0.658. The Morgan fingerprint density at radius 3 is 2.38 bits per heavy atom. The SMILES string of the molecule is CC1C#CS(=O)(=O)O1. The van der Waals surface area contributed by atoms with E-state index < -0.39 is 16.2 Å². The molecule has 1 heterocycles. The Balaban J connectivity index is 2.96. The fourth-order valence-electron chi connectivity index (χ4n) is 0.393.